The van der Waals surface area contributed by atoms with E-state index in [2.05, 4.69) is 6.07 Å². The van der Waals surface area contributed by atoms with E-state index in [1.54, 1.807) is 19.2 Å². The number of halogens is 1. The first-order valence-electron chi connectivity index (χ1n) is 12.0. The van der Waals surface area contributed by atoms with Crippen molar-refractivity contribution in [1.29, 1.82) is 0 Å². The number of fused-ring (bicyclic) bond motifs is 2. The molecule has 1 amide bonds. The third-order valence-corrected chi connectivity index (χ3v) is 7.59. The Labute approximate surface area is 210 Å². The minimum absolute atomic E-state index is 0.0979. The topological polar surface area (TPSA) is 66.5 Å². The van der Waals surface area contributed by atoms with E-state index in [1.165, 1.54) is 23.5 Å². The van der Waals surface area contributed by atoms with Crippen LogP contribution in [0.1, 0.15) is 46.4 Å². The largest absolute Gasteiger partial charge is 0.496 e. The normalized spacial score (nSPS) is 15.3. The molecule has 6 nitrogen and oxygen atoms in total. The van der Waals surface area contributed by atoms with Crippen LogP contribution >= 0.6 is 11.6 Å². The van der Waals surface area contributed by atoms with Gasteiger partial charge in [-0.3, -0.25) is 15.0 Å². The number of aryl methyl sites for hydroxylation is 2. The molecule has 180 valence electrons. The molecule has 1 aromatic carbocycles. The molecule has 0 spiro atoms. The monoisotopic (exact) mass is 490 g/mol. The minimum Gasteiger partial charge on any atom is -0.496 e. The Morgan fingerprint density at radius 3 is 2.63 bits per heavy atom. The highest BCUT2D eigenvalue weighted by Gasteiger charge is 2.30. The van der Waals surface area contributed by atoms with Crippen LogP contribution in [0.2, 0.25) is 5.02 Å². The minimum atomic E-state index is 0.0979. The molecule has 2 aromatic heterocycles. The van der Waals surface area contributed by atoms with Crippen LogP contribution < -0.4 is 9.47 Å². The summed E-state index contributed by atoms with van der Waals surface area (Å²) in [5.41, 5.74) is 8.69. The lowest BCUT2D eigenvalue weighted by Gasteiger charge is -2.31. The molecule has 1 aliphatic carbocycles. The highest BCUT2D eigenvalue weighted by Crippen LogP contribution is 2.45. The number of nitrogens with zero attached hydrogens (tertiary/aromatic N) is 3. The maximum absolute atomic E-state index is 13.0. The first-order chi connectivity index (χ1) is 17.0. The van der Waals surface area contributed by atoms with Crippen molar-refractivity contribution >= 4 is 23.1 Å². The zero-order valence-electron chi connectivity index (χ0n) is 20.1. The summed E-state index contributed by atoms with van der Waals surface area (Å²) in [4.78, 5) is 19.7. The number of amides is 1. The molecule has 1 aliphatic heterocycles. The van der Waals surface area contributed by atoms with Crippen molar-refractivity contribution in [3.05, 3.63) is 93.0 Å². The van der Waals surface area contributed by atoms with Crippen molar-refractivity contribution in [3.8, 4) is 5.75 Å². The smallest absolute Gasteiger partial charge is 0.227 e. The number of hydrogen-bond donors (Lipinski definition) is 1. The van der Waals surface area contributed by atoms with Crippen LogP contribution in [0.15, 0.2) is 54.5 Å². The van der Waals surface area contributed by atoms with E-state index in [1.807, 2.05) is 30.2 Å². The highest BCUT2D eigenvalue weighted by molar-refractivity contribution is 6.32. The summed E-state index contributed by atoms with van der Waals surface area (Å²) >= 11 is 6.84. The third-order valence-electron chi connectivity index (χ3n) is 7.06. The molecule has 5 rings (SSSR count). The summed E-state index contributed by atoms with van der Waals surface area (Å²) in [5, 5.41) is 10.2. The van der Waals surface area contributed by atoms with E-state index in [0.29, 0.717) is 19.5 Å². The van der Waals surface area contributed by atoms with Gasteiger partial charge in [-0.05, 0) is 67.0 Å². The summed E-state index contributed by atoms with van der Waals surface area (Å²) in [5.74, 6) is 0.924. The Kier molecular flexibility index (Phi) is 6.48. The van der Waals surface area contributed by atoms with Gasteiger partial charge in [-0.2, -0.15) is 0 Å². The summed E-state index contributed by atoms with van der Waals surface area (Å²) in [6.07, 6.45) is 8.49. The molecule has 1 fully saturated rings. The molecule has 0 bridgehead atoms. The molecule has 3 aromatic rings. The average molecular weight is 491 g/mol. The van der Waals surface area contributed by atoms with Crippen molar-refractivity contribution in [1.82, 2.24) is 9.88 Å². The molecule has 0 atom stereocenters. The predicted octanol–water partition coefficient (Wildman–Crippen LogP) is 4.34. The van der Waals surface area contributed by atoms with Gasteiger partial charge < -0.3 is 9.64 Å². The second-order valence-corrected chi connectivity index (χ2v) is 9.57. The number of aromatic nitrogens is 2. The number of ether oxygens (including phenoxy) is 1. The molecule has 2 aliphatic rings. The summed E-state index contributed by atoms with van der Waals surface area (Å²) < 4.78 is 6.85. The van der Waals surface area contributed by atoms with Crippen LogP contribution in [0, 0.1) is 6.92 Å². The highest BCUT2D eigenvalue weighted by atomic mass is 35.5. The van der Waals surface area contributed by atoms with Crippen LogP contribution in [0.3, 0.4) is 0 Å². The molecular formula is C28H29ClN3O3+. The predicted molar refractivity (Wildman–Crippen MR) is 134 cm³/mol. The number of carbonyl (C=O) groups is 1. The average Bonchev–Trinajstić information content (AvgIpc) is 3.05. The van der Waals surface area contributed by atoms with Crippen LogP contribution in [-0.4, -0.2) is 41.2 Å². The zero-order valence-corrected chi connectivity index (χ0v) is 20.8. The molecule has 0 saturated carbocycles. The van der Waals surface area contributed by atoms with Gasteiger partial charge in [0.2, 0.25) is 18.3 Å². The first-order valence-corrected chi connectivity index (χ1v) is 12.3. The van der Waals surface area contributed by atoms with Gasteiger partial charge in [0.15, 0.2) is 0 Å². The zero-order chi connectivity index (χ0) is 24.5. The molecule has 1 saturated heterocycles. The van der Waals surface area contributed by atoms with Gasteiger partial charge in [0.05, 0.1) is 19.2 Å². The Bertz CT molecular complexity index is 1310. The Balaban J connectivity index is 1.50. The SMILES string of the molecule is COc1cc(C)c(Cl)c2c1C(=C1CCN(C(=O)Cc3cc[n+](O)cc3)CC1)c1ncccc1CC2. The van der Waals surface area contributed by atoms with Crippen LogP contribution in [0.4, 0.5) is 0 Å². The third kappa shape index (κ3) is 4.50. The number of hydrogen-bond acceptors (Lipinski definition) is 4. The van der Waals surface area contributed by atoms with E-state index in [0.717, 1.165) is 74.7 Å². The quantitative estimate of drug-likeness (QED) is 0.438. The van der Waals surface area contributed by atoms with E-state index >= 15 is 0 Å². The van der Waals surface area contributed by atoms with Gasteiger partial charge in [0.25, 0.3) is 0 Å². The fourth-order valence-corrected chi connectivity index (χ4v) is 5.46. The maximum atomic E-state index is 13.0. The second-order valence-electron chi connectivity index (χ2n) is 9.20. The number of carbonyl (C=O) groups excluding carboxylic acids is 1. The fourth-order valence-electron chi connectivity index (χ4n) is 5.22. The number of pyridine rings is 2. The lowest BCUT2D eigenvalue weighted by molar-refractivity contribution is -0.904. The Morgan fingerprint density at radius 2 is 1.91 bits per heavy atom. The van der Waals surface area contributed by atoms with Crippen LogP contribution in [0.5, 0.6) is 5.75 Å². The van der Waals surface area contributed by atoms with Crippen molar-refractivity contribution in [2.24, 2.45) is 0 Å². The van der Waals surface area contributed by atoms with Crippen molar-refractivity contribution in [2.75, 3.05) is 20.2 Å². The first kappa shape index (κ1) is 23.4. The Morgan fingerprint density at radius 1 is 1.17 bits per heavy atom. The van der Waals surface area contributed by atoms with Crippen molar-refractivity contribution in [2.45, 2.75) is 39.0 Å². The molecule has 35 heavy (non-hydrogen) atoms. The molecule has 0 unspecified atom stereocenters. The van der Waals surface area contributed by atoms with Crippen LogP contribution in [0.25, 0.3) is 5.57 Å². The summed E-state index contributed by atoms with van der Waals surface area (Å²) in [6, 6.07) is 9.68. The molecular weight excluding hydrogens is 462 g/mol. The molecule has 0 radical (unpaired) electrons. The fraction of sp³-hybridized carbons (Fsp3) is 0.321. The van der Waals surface area contributed by atoms with E-state index in [4.69, 9.17) is 21.3 Å². The van der Waals surface area contributed by atoms with Gasteiger partial charge in [-0.15, -0.1) is 0 Å². The maximum Gasteiger partial charge on any atom is 0.227 e. The number of benzene rings is 1. The van der Waals surface area contributed by atoms with Gasteiger partial charge >= 0.3 is 0 Å². The van der Waals surface area contributed by atoms with E-state index in [-0.39, 0.29) is 5.91 Å². The second kappa shape index (κ2) is 9.70. The van der Waals surface area contributed by atoms with E-state index < -0.39 is 0 Å². The standard InChI is InChI=1S/C28H29ClN3O3/c1-18-16-23(35-2)26-22(27(18)29)6-5-21-4-3-11-30-28(21)25(26)20-9-12-31(13-10-20)24(33)17-19-7-14-32(34)15-8-19/h3-4,7-8,11,14-16,34H,5-6,9-10,12-13,17H2,1-2H3/q+1. The molecule has 3 heterocycles. The van der Waals surface area contributed by atoms with Crippen molar-refractivity contribution < 1.29 is 19.5 Å². The van der Waals surface area contributed by atoms with Gasteiger partial charge in [-0.25, -0.2) is 0 Å². The summed E-state index contributed by atoms with van der Waals surface area (Å²) in [7, 11) is 1.71. The van der Waals surface area contributed by atoms with Gasteiger partial charge in [-0.1, -0.05) is 23.2 Å². The van der Waals surface area contributed by atoms with Crippen LogP contribution in [-0.2, 0) is 24.1 Å². The number of piperidine rings is 1. The molecule has 1 N–H and O–H groups in total. The number of rotatable bonds is 3. The van der Waals surface area contributed by atoms with Gasteiger partial charge in [0, 0.05) is 52.3 Å². The summed E-state index contributed by atoms with van der Waals surface area (Å²) in [6.45, 7) is 3.33. The van der Waals surface area contributed by atoms with E-state index in [9.17, 15) is 10.0 Å². The molecule has 7 heteroatoms. The van der Waals surface area contributed by atoms with Crippen molar-refractivity contribution in [3.63, 3.8) is 0 Å². The lowest BCUT2D eigenvalue weighted by atomic mass is 9.87. The lowest BCUT2D eigenvalue weighted by Crippen LogP contribution is -2.37. The number of likely N-dealkylation sites (tertiary alicyclic amines) is 1. The number of methoxy groups -OCH3 is 1. The van der Waals surface area contributed by atoms with Gasteiger partial charge in [0.1, 0.15) is 5.75 Å². The Hall–Kier alpha value is -3.38.